The fraction of sp³-hybridized carbons (Fsp3) is 0.111. The zero-order valence-electron chi connectivity index (χ0n) is 14.2. The fourth-order valence-corrected chi connectivity index (χ4v) is 3.45. The van der Waals surface area contributed by atoms with Gasteiger partial charge in [-0.25, -0.2) is 12.8 Å². The summed E-state index contributed by atoms with van der Waals surface area (Å²) in [5.74, 6) is 0.0468. The van der Waals surface area contributed by atoms with Crippen molar-refractivity contribution in [3.8, 4) is 0 Å². The third kappa shape index (κ3) is 4.34. The Morgan fingerprint density at radius 3 is 2.00 bits per heavy atom. The van der Waals surface area contributed by atoms with Crippen molar-refractivity contribution in [3.05, 3.63) is 71.5 Å². The van der Waals surface area contributed by atoms with E-state index in [9.17, 15) is 12.8 Å². The number of anilines is 3. The van der Waals surface area contributed by atoms with Crippen molar-refractivity contribution in [1.29, 1.82) is 0 Å². The summed E-state index contributed by atoms with van der Waals surface area (Å²) in [5.41, 5.74) is 3.10. The van der Waals surface area contributed by atoms with Gasteiger partial charge < -0.3 is 5.32 Å². The first kappa shape index (κ1) is 17.8. The van der Waals surface area contributed by atoms with Crippen molar-refractivity contribution in [1.82, 2.24) is 10.2 Å². The van der Waals surface area contributed by atoms with Gasteiger partial charge in [0.25, 0.3) is 10.0 Å². The molecule has 0 radical (unpaired) electrons. The van der Waals surface area contributed by atoms with Gasteiger partial charge in [-0.15, -0.1) is 10.2 Å². The number of nitrogens with zero attached hydrogens (tertiary/aromatic N) is 2. The van der Waals surface area contributed by atoms with Crippen LogP contribution in [0.25, 0.3) is 0 Å². The molecule has 1 aromatic heterocycles. The molecular weight excluding hydrogens is 355 g/mol. The lowest BCUT2D eigenvalue weighted by Crippen LogP contribution is -2.14. The van der Waals surface area contributed by atoms with E-state index in [1.165, 1.54) is 18.2 Å². The molecule has 0 aliphatic heterocycles. The van der Waals surface area contributed by atoms with Crippen LogP contribution in [0.3, 0.4) is 0 Å². The summed E-state index contributed by atoms with van der Waals surface area (Å²) in [7, 11) is -3.85. The number of aryl methyl sites for hydroxylation is 2. The molecule has 0 saturated carbocycles. The van der Waals surface area contributed by atoms with Crippen molar-refractivity contribution < 1.29 is 12.8 Å². The maximum atomic E-state index is 12.9. The lowest BCUT2D eigenvalue weighted by atomic mass is 10.1. The van der Waals surface area contributed by atoms with Gasteiger partial charge in [-0.1, -0.05) is 6.07 Å². The minimum absolute atomic E-state index is 0.0573. The minimum Gasteiger partial charge on any atom is -0.339 e. The van der Waals surface area contributed by atoms with E-state index < -0.39 is 15.8 Å². The van der Waals surface area contributed by atoms with E-state index in [0.29, 0.717) is 5.82 Å². The highest BCUT2D eigenvalue weighted by Gasteiger charge is 2.15. The summed E-state index contributed by atoms with van der Waals surface area (Å²) in [6.45, 7) is 3.99. The highest BCUT2D eigenvalue weighted by molar-refractivity contribution is 7.92. The van der Waals surface area contributed by atoms with Crippen molar-refractivity contribution in [2.75, 3.05) is 10.0 Å². The molecule has 8 heteroatoms. The molecular formula is C18H17FN4O2S. The van der Waals surface area contributed by atoms with Gasteiger partial charge in [0.05, 0.1) is 4.90 Å². The Hall–Kier alpha value is -3.00. The summed E-state index contributed by atoms with van der Waals surface area (Å²) in [5, 5.41) is 11.0. The van der Waals surface area contributed by atoms with Crippen LogP contribution in [0.15, 0.2) is 59.5 Å². The molecule has 0 amide bonds. The van der Waals surface area contributed by atoms with Gasteiger partial charge >= 0.3 is 0 Å². The van der Waals surface area contributed by atoms with Crippen LogP contribution in [-0.2, 0) is 10.0 Å². The molecule has 134 valence electrons. The van der Waals surface area contributed by atoms with Crippen LogP contribution in [0.5, 0.6) is 0 Å². The number of halogens is 1. The van der Waals surface area contributed by atoms with Crippen LogP contribution in [0.4, 0.5) is 21.7 Å². The van der Waals surface area contributed by atoms with E-state index in [-0.39, 0.29) is 10.7 Å². The van der Waals surface area contributed by atoms with E-state index in [2.05, 4.69) is 26.3 Å². The van der Waals surface area contributed by atoms with Crippen molar-refractivity contribution in [3.63, 3.8) is 0 Å². The van der Waals surface area contributed by atoms with Crippen LogP contribution in [0, 0.1) is 19.7 Å². The Labute approximate surface area is 151 Å². The summed E-state index contributed by atoms with van der Waals surface area (Å²) in [6.07, 6.45) is 0. The van der Waals surface area contributed by atoms with E-state index in [1.54, 1.807) is 6.07 Å². The van der Waals surface area contributed by atoms with Gasteiger partial charge in [0.2, 0.25) is 0 Å². The molecule has 0 aliphatic rings. The fourth-order valence-electron chi connectivity index (χ4n) is 2.46. The molecule has 2 N–H and O–H groups in total. The molecule has 0 atom stereocenters. The predicted octanol–water partition coefficient (Wildman–Crippen LogP) is 3.78. The first-order chi connectivity index (χ1) is 12.3. The highest BCUT2D eigenvalue weighted by Crippen LogP contribution is 2.19. The van der Waals surface area contributed by atoms with Crippen molar-refractivity contribution in [2.45, 2.75) is 18.7 Å². The number of nitrogens with one attached hydrogen (secondary N) is 2. The monoisotopic (exact) mass is 372 g/mol. The van der Waals surface area contributed by atoms with E-state index in [4.69, 9.17) is 0 Å². The lowest BCUT2D eigenvalue weighted by molar-refractivity contribution is 0.599. The largest absolute Gasteiger partial charge is 0.339 e. The van der Waals surface area contributed by atoms with Crippen LogP contribution >= 0.6 is 0 Å². The summed E-state index contributed by atoms with van der Waals surface area (Å²) >= 11 is 0. The van der Waals surface area contributed by atoms with E-state index in [1.807, 2.05) is 26.0 Å². The molecule has 0 aliphatic carbocycles. The Kier molecular flexibility index (Phi) is 4.85. The second-order valence-electron chi connectivity index (χ2n) is 5.86. The van der Waals surface area contributed by atoms with Gasteiger partial charge in [0.1, 0.15) is 5.82 Å². The second kappa shape index (κ2) is 7.09. The molecule has 1 heterocycles. The van der Waals surface area contributed by atoms with Gasteiger partial charge in [-0.2, -0.15) is 0 Å². The van der Waals surface area contributed by atoms with E-state index >= 15 is 0 Å². The maximum absolute atomic E-state index is 12.9. The first-order valence-corrected chi connectivity index (χ1v) is 9.28. The zero-order chi connectivity index (χ0) is 18.7. The number of benzene rings is 2. The molecule has 0 fully saturated rings. The topological polar surface area (TPSA) is 84.0 Å². The molecule has 3 aromatic rings. The van der Waals surface area contributed by atoms with Crippen LogP contribution < -0.4 is 10.0 Å². The molecule has 3 rings (SSSR count). The minimum atomic E-state index is -3.85. The lowest BCUT2D eigenvalue weighted by Gasteiger charge is -2.09. The Morgan fingerprint density at radius 2 is 1.42 bits per heavy atom. The van der Waals surface area contributed by atoms with Crippen molar-refractivity contribution >= 4 is 27.3 Å². The van der Waals surface area contributed by atoms with Crippen molar-refractivity contribution in [2.24, 2.45) is 0 Å². The smallest absolute Gasteiger partial charge is 0.263 e. The van der Waals surface area contributed by atoms with Gasteiger partial charge in [-0.05, 0) is 73.5 Å². The van der Waals surface area contributed by atoms with Gasteiger partial charge in [-0.3, -0.25) is 4.72 Å². The Balaban J connectivity index is 1.74. The quantitative estimate of drug-likeness (QED) is 0.712. The number of rotatable bonds is 5. The Bertz CT molecular complexity index is 1000. The number of sulfonamides is 1. The average molecular weight is 372 g/mol. The molecule has 0 saturated heterocycles. The molecule has 0 spiro atoms. The SMILES string of the molecule is Cc1cc(C)cc(Nc2ccc(NS(=O)(=O)c3ccc(F)cc3)nn2)c1. The standard InChI is InChI=1S/C18H17FN4O2S/c1-12-9-13(2)11-15(10-12)20-17-7-8-18(22-21-17)23-26(24,25)16-5-3-14(19)4-6-16/h3-11H,1-2H3,(H,20,21)(H,22,23). The van der Waals surface area contributed by atoms with Crippen LogP contribution in [-0.4, -0.2) is 18.6 Å². The van der Waals surface area contributed by atoms with Gasteiger partial charge in [0.15, 0.2) is 11.6 Å². The predicted molar refractivity (Wildman–Crippen MR) is 98.4 cm³/mol. The second-order valence-corrected chi connectivity index (χ2v) is 7.55. The van der Waals surface area contributed by atoms with Crippen LogP contribution in [0.2, 0.25) is 0 Å². The van der Waals surface area contributed by atoms with Crippen LogP contribution in [0.1, 0.15) is 11.1 Å². The molecule has 26 heavy (non-hydrogen) atoms. The third-order valence-electron chi connectivity index (χ3n) is 3.52. The normalized spacial score (nSPS) is 11.2. The summed E-state index contributed by atoms with van der Waals surface area (Å²) in [4.78, 5) is -0.0573. The maximum Gasteiger partial charge on any atom is 0.263 e. The number of hydrogen-bond acceptors (Lipinski definition) is 5. The first-order valence-electron chi connectivity index (χ1n) is 7.79. The molecule has 0 unspecified atom stereocenters. The molecule has 2 aromatic carbocycles. The third-order valence-corrected chi connectivity index (χ3v) is 4.89. The summed E-state index contributed by atoms with van der Waals surface area (Å²) in [6, 6.07) is 13.6. The number of aromatic nitrogens is 2. The van der Waals surface area contributed by atoms with Gasteiger partial charge in [0, 0.05) is 5.69 Å². The van der Waals surface area contributed by atoms with E-state index in [0.717, 1.165) is 28.9 Å². The highest BCUT2D eigenvalue weighted by atomic mass is 32.2. The summed E-state index contributed by atoms with van der Waals surface area (Å²) < 4.78 is 39.7. The molecule has 0 bridgehead atoms. The number of hydrogen-bond donors (Lipinski definition) is 2. The Morgan fingerprint density at radius 1 is 0.846 bits per heavy atom. The average Bonchev–Trinajstić information content (AvgIpc) is 2.56. The zero-order valence-corrected chi connectivity index (χ0v) is 15.0. The molecule has 6 nitrogen and oxygen atoms in total.